The zero-order valence-electron chi connectivity index (χ0n) is 9.48. The SMILES string of the molecule is O=C(O)C1CSC(c2ccc(OC(F)(F)F)cc2)N1. The number of carbonyl (C=O) groups is 1. The molecule has 2 atom stereocenters. The van der Waals surface area contributed by atoms with Crippen molar-refractivity contribution in [1.82, 2.24) is 5.32 Å². The number of thioether (sulfide) groups is 1. The summed E-state index contributed by atoms with van der Waals surface area (Å²) in [5, 5.41) is 11.5. The summed E-state index contributed by atoms with van der Waals surface area (Å²) in [5.41, 5.74) is 0.711. The van der Waals surface area contributed by atoms with E-state index in [0.29, 0.717) is 11.3 Å². The Morgan fingerprint density at radius 2 is 2.00 bits per heavy atom. The average Bonchev–Trinajstić information content (AvgIpc) is 2.77. The summed E-state index contributed by atoms with van der Waals surface area (Å²) in [6.45, 7) is 0. The number of nitrogens with one attached hydrogen (secondary N) is 1. The van der Waals surface area contributed by atoms with Crippen LogP contribution in [0.3, 0.4) is 0 Å². The third kappa shape index (κ3) is 3.77. The number of ether oxygens (including phenoxy) is 1. The number of aliphatic carboxylic acids is 1. The highest BCUT2D eigenvalue weighted by Crippen LogP contribution is 2.34. The number of carboxylic acid groups (broad SMARTS) is 1. The summed E-state index contributed by atoms with van der Waals surface area (Å²) in [7, 11) is 0. The second-order valence-corrected chi connectivity index (χ2v) is 5.03. The third-order valence-corrected chi connectivity index (χ3v) is 3.76. The van der Waals surface area contributed by atoms with Crippen LogP contribution in [-0.2, 0) is 4.79 Å². The summed E-state index contributed by atoms with van der Waals surface area (Å²) in [5.74, 6) is -0.818. The lowest BCUT2D eigenvalue weighted by molar-refractivity contribution is -0.274. The monoisotopic (exact) mass is 293 g/mol. The van der Waals surface area contributed by atoms with Gasteiger partial charge in [0.15, 0.2) is 0 Å². The van der Waals surface area contributed by atoms with E-state index in [4.69, 9.17) is 5.11 Å². The molecule has 4 nitrogen and oxygen atoms in total. The van der Waals surface area contributed by atoms with E-state index in [-0.39, 0.29) is 11.1 Å². The van der Waals surface area contributed by atoms with Gasteiger partial charge in [-0.25, -0.2) is 0 Å². The number of alkyl halides is 3. The minimum atomic E-state index is -4.71. The van der Waals surface area contributed by atoms with Crippen LogP contribution in [0, 0.1) is 0 Å². The van der Waals surface area contributed by atoms with Gasteiger partial charge in [0.25, 0.3) is 0 Å². The Morgan fingerprint density at radius 1 is 1.37 bits per heavy atom. The lowest BCUT2D eigenvalue weighted by atomic mass is 10.2. The molecule has 0 aliphatic carbocycles. The molecule has 2 N–H and O–H groups in total. The molecule has 1 heterocycles. The lowest BCUT2D eigenvalue weighted by Gasteiger charge is -2.13. The molecule has 0 radical (unpaired) electrons. The van der Waals surface area contributed by atoms with Gasteiger partial charge in [0.1, 0.15) is 11.8 Å². The molecule has 1 aromatic rings. The Hall–Kier alpha value is -1.41. The summed E-state index contributed by atoms with van der Waals surface area (Å²) in [4.78, 5) is 10.8. The van der Waals surface area contributed by atoms with Crippen LogP contribution in [0.4, 0.5) is 13.2 Å². The molecule has 1 aliphatic rings. The summed E-state index contributed by atoms with van der Waals surface area (Å²) in [6.07, 6.45) is -4.71. The van der Waals surface area contributed by atoms with Crippen LogP contribution in [0.25, 0.3) is 0 Å². The molecule has 0 amide bonds. The number of rotatable bonds is 3. The molecule has 1 aromatic carbocycles. The minimum absolute atomic E-state index is 0.235. The van der Waals surface area contributed by atoms with Crippen LogP contribution < -0.4 is 10.1 Å². The molecule has 0 spiro atoms. The topological polar surface area (TPSA) is 58.6 Å². The van der Waals surface area contributed by atoms with E-state index in [1.165, 1.54) is 36.0 Å². The maximum Gasteiger partial charge on any atom is 0.573 e. The maximum absolute atomic E-state index is 12.0. The van der Waals surface area contributed by atoms with E-state index in [9.17, 15) is 18.0 Å². The number of benzene rings is 1. The van der Waals surface area contributed by atoms with Crippen molar-refractivity contribution < 1.29 is 27.8 Å². The normalized spacial score (nSPS) is 23.3. The molecule has 0 bridgehead atoms. The number of carboxylic acids is 1. The first kappa shape index (κ1) is 14.0. The van der Waals surface area contributed by atoms with Gasteiger partial charge in [-0.3, -0.25) is 10.1 Å². The van der Waals surface area contributed by atoms with E-state index in [2.05, 4.69) is 10.1 Å². The smallest absolute Gasteiger partial charge is 0.480 e. The van der Waals surface area contributed by atoms with Crippen LogP contribution in [0.15, 0.2) is 24.3 Å². The molecular weight excluding hydrogens is 283 g/mol. The Balaban J connectivity index is 2.01. The van der Waals surface area contributed by atoms with Gasteiger partial charge in [-0.05, 0) is 17.7 Å². The number of hydrogen-bond acceptors (Lipinski definition) is 4. The van der Waals surface area contributed by atoms with Crippen LogP contribution in [0.2, 0.25) is 0 Å². The Morgan fingerprint density at radius 3 is 2.47 bits per heavy atom. The van der Waals surface area contributed by atoms with E-state index in [1.54, 1.807) is 0 Å². The van der Waals surface area contributed by atoms with Crippen LogP contribution in [0.5, 0.6) is 5.75 Å². The zero-order chi connectivity index (χ0) is 14.0. The molecule has 8 heteroatoms. The predicted molar refractivity (Wildman–Crippen MR) is 62.9 cm³/mol. The van der Waals surface area contributed by atoms with Crippen LogP contribution >= 0.6 is 11.8 Å². The maximum atomic E-state index is 12.0. The molecule has 0 saturated carbocycles. The van der Waals surface area contributed by atoms with Gasteiger partial charge in [-0.1, -0.05) is 12.1 Å². The molecule has 2 rings (SSSR count). The molecule has 1 aliphatic heterocycles. The standard InChI is InChI=1S/C11H10F3NO3S/c12-11(13,14)18-7-3-1-6(2-4-7)9-15-8(5-19-9)10(16)17/h1-4,8-9,15H,5H2,(H,16,17). The third-order valence-electron chi connectivity index (χ3n) is 2.50. The van der Waals surface area contributed by atoms with Crippen LogP contribution in [0.1, 0.15) is 10.9 Å². The molecular formula is C11H10F3NO3S. The van der Waals surface area contributed by atoms with E-state index in [0.717, 1.165) is 0 Å². The fourth-order valence-corrected chi connectivity index (χ4v) is 2.88. The van der Waals surface area contributed by atoms with Gasteiger partial charge in [0.05, 0.1) is 5.37 Å². The van der Waals surface area contributed by atoms with Crippen molar-refractivity contribution in [2.24, 2.45) is 0 Å². The molecule has 0 aromatic heterocycles. The largest absolute Gasteiger partial charge is 0.573 e. The quantitative estimate of drug-likeness (QED) is 0.896. The number of halogens is 3. The van der Waals surface area contributed by atoms with Crippen molar-refractivity contribution in [2.75, 3.05) is 5.75 Å². The highest BCUT2D eigenvalue weighted by molar-refractivity contribution is 7.99. The van der Waals surface area contributed by atoms with Gasteiger partial charge in [0.2, 0.25) is 0 Å². The van der Waals surface area contributed by atoms with E-state index < -0.39 is 18.4 Å². The molecule has 1 saturated heterocycles. The summed E-state index contributed by atoms with van der Waals surface area (Å²) < 4.78 is 39.7. The molecule has 104 valence electrons. The van der Waals surface area contributed by atoms with E-state index in [1.807, 2.05) is 0 Å². The number of hydrogen-bond donors (Lipinski definition) is 2. The molecule has 2 unspecified atom stereocenters. The first-order valence-corrected chi connectivity index (χ1v) is 6.36. The molecule has 1 fully saturated rings. The summed E-state index contributed by atoms with van der Waals surface area (Å²) >= 11 is 1.40. The Bertz CT molecular complexity index is 463. The van der Waals surface area contributed by atoms with Crippen molar-refractivity contribution in [3.8, 4) is 5.75 Å². The fourth-order valence-electron chi connectivity index (χ4n) is 1.65. The predicted octanol–water partition coefficient (Wildman–Crippen LogP) is 2.37. The van der Waals surface area contributed by atoms with Gasteiger partial charge >= 0.3 is 12.3 Å². The van der Waals surface area contributed by atoms with Crippen LogP contribution in [-0.4, -0.2) is 29.2 Å². The van der Waals surface area contributed by atoms with E-state index >= 15 is 0 Å². The van der Waals surface area contributed by atoms with Crippen molar-refractivity contribution >= 4 is 17.7 Å². The van der Waals surface area contributed by atoms with Gasteiger partial charge < -0.3 is 9.84 Å². The van der Waals surface area contributed by atoms with Crippen molar-refractivity contribution in [1.29, 1.82) is 0 Å². The highest BCUT2D eigenvalue weighted by atomic mass is 32.2. The summed E-state index contributed by atoms with van der Waals surface area (Å²) in [6, 6.07) is 4.74. The second kappa shape index (κ2) is 5.30. The minimum Gasteiger partial charge on any atom is -0.480 e. The van der Waals surface area contributed by atoms with Gasteiger partial charge in [-0.2, -0.15) is 0 Å². The Kier molecular flexibility index (Phi) is 3.91. The second-order valence-electron chi connectivity index (χ2n) is 3.89. The average molecular weight is 293 g/mol. The van der Waals surface area contributed by atoms with Crippen molar-refractivity contribution in [3.63, 3.8) is 0 Å². The zero-order valence-corrected chi connectivity index (χ0v) is 10.3. The van der Waals surface area contributed by atoms with Gasteiger partial charge in [0, 0.05) is 5.75 Å². The Labute approximate surface area is 110 Å². The molecule has 19 heavy (non-hydrogen) atoms. The fraction of sp³-hybridized carbons (Fsp3) is 0.364. The highest BCUT2D eigenvalue weighted by Gasteiger charge is 2.32. The first-order valence-electron chi connectivity index (χ1n) is 5.31. The van der Waals surface area contributed by atoms with Crippen molar-refractivity contribution in [3.05, 3.63) is 29.8 Å². The van der Waals surface area contributed by atoms with Crippen molar-refractivity contribution in [2.45, 2.75) is 17.8 Å². The first-order chi connectivity index (χ1) is 8.85. The lowest BCUT2D eigenvalue weighted by Crippen LogP contribution is -2.33. The van der Waals surface area contributed by atoms with Gasteiger partial charge in [-0.15, -0.1) is 24.9 Å².